The normalized spacial score (nSPS) is 24.4. The van der Waals surface area contributed by atoms with Crippen molar-refractivity contribution >= 4 is 27.3 Å². The van der Waals surface area contributed by atoms with E-state index in [4.69, 9.17) is 5.73 Å². The van der Waals surface area contributed by atoms with E-state index in [-0.39, 0.29) is 0 Å². The van der Waals surface area contributed by atoms with Crippen LogP contribution in [0.1, 0.15) is 29.1 Å². The molecule has 1 aliphatic heterocycles. The Kier molecular flexibility index (Phi) is 5.43. The third kappa shape index (κ3) is 3.58. The van der Waals surface area contributed by atoms with Crippen molar-refractivity contribution in [3.05, 3.63) is 20.3 Å². The van der Waals surface area contributed by atoms with Gasteiger partial charge in [0.15, 0.2) is 0 Å². The largest absolute Gasteiger partial charge is 0.329 e. The molecule has 2 N–H and O–H groups in total. The standard InChI is InChI=1S/C14H24BrN3S/c1-10-9-17(3)5-4-6-18(10)13(8-16)14-7-12(15)11(2)19-14/h7,10,13H,4-6,8-9,16H2,1-3H3. The van der Waals surface area contributed by atoms with Crippen molar-refractivity contribution in [3.8, 4) is 0 Å². The second kappa shape index (κ2) is 6.68. The summed E-state index contributed by atoms with van der Waals surface area (Å²) < 4.78 is 1.21. The van der Waals surface area contributed by atoms with E-state index in [1.54, 1.807) is 0 Å². The monoisotopic (exact) mass is 345 g/mol. The molecule has 2 heterocycles. The van der Waals surface area contributed by atoms with Gasteiger partial charge >= 0.3 is 0 Å². The topological polar surface area (TPSA) is 32.5 Å². The maximum Gasteiger partial charge on any atom is 0.0567 e. The number of hydrogen-bond acceptors (Lipinski definition) is 4. The number of aryl methyl sites for hydroxylation is 1. The highest BCUT2D eigenvalue weighted by molar-refractivity contribution is 9.10. The molecular weight excluding hydrogens is 322 g/mol. The highest BCUT2D eigenvalue weighted by atomic mass is 79.9. The number of halogens is 1. The summed E-state index contributed by atoms with van der Waals surface area (Å²) in [5, 5.41) is 0. The first-order valence-electron chi connectivity index (χ1n) is 6.93. The van der Waals surface area contributed by atoms with Gasteiger partial charge in [-0.3, -0.25) is 4.90 Å². The molecule has 1 aromatic rings. The lowest BCUT2D eigenvalue weighted by Crippen LogP contribution is -2.42. The van der Waals surface area contributed by atoms with Crippen molar-refractivity contribution in [1.29, 1.82) is 0 Å². The zero-order valence-corrected chi connectivity index (χ0v) is 14.4. The van der Waals surface area contributed by atoms with Gasteiger partial charge in [-0.15, -0.1) is 11.3 Å². The summed E-state index contributed by atoms with van der Waals surface area (Å²) in [7, 11) is 2.21. The Morgan fingerprint density at radius 1 is 1.53 bits per heavy atom. The van der Waals surface area contributed by atoms with Crippen LogP contribution < -0.4 is 5.73 Å². The van der Waals surface area contributed by atoms with Gasteiger partial charge < -0.3 is 10.6 Å². The van der Waals surface area contributed by atoms with Crippen LogP contribution in [0.25, 0.3) is 0 Å². The van der Waals surface area contributed by atoms with Crippen molar-refractivity contribution in [3.63, 3.8) is 0 Å². The SMILES string of the molecule is Cc1sc(C(CN)N2CCCN(C)CC2C)cc1Br. The van der Waals surface area contributed by atoms with Gasteiger partial charge in [-0.05, 0) is 55.9 Å². The number of nitrogens with zero attached hydrogens (tertiary/aromatic N) is 2. The zero-order valence-electron chi connectivity index (χ0n) is 12.0. The molecule has 0 saturated carbocycles. The second-order valence-corrected chi connectivity index (χ2v) is 7.65. The Labute approximate surface area is 128 Å². The fourth-order valence-electron chi connectivity index (χ4n) is 2.91. The van der Waals surface area contributed by atoms with E-state index in [1.165, 1.54) is 27.2 Å². The van der Waals surface area contributed by atoms with E-state index in [9.17, 15) is 0 Å². The molecule has 0 spiro atoms. The summed E-state index contributed by atoms with van der Waals surface area (Å²) in [6, 6.07) is 3.16. The smallest absolute Gasteiger partial charge is 0.0567 e. The van der Waals surface area contributed by atoms with Crippen LogP contribution in [0.15, 0.2) is 10.5 Å². The maximum atomic E-state index is 6.08. The van der Waals surface area contributed by atoms with Crippen molar-refractivity contribution < 1.29 is 0 Å². The van der Waals surface area contributed by atoms with Crippen LogP contribution in [-0.2, 0) is 0 Å². The zero-order chi connectivity index (χ0) is 14.0. The third-order valence-corrected chi connectivity index (χ3v) is 6.16. The molecule has 1 aromatic heterocycles. The first-order valence-corrected chi connectivity index (χ1v) is 8.54. The Bertz CT molecular complexity index is 401. The molecule has 0 bridgehead atoms. The fraction of sp³-hybridized carbons (Fsp3) is 0.714. The number of rotatable bonds is 3. The van der Waals surface area contributed by atoms with Gasteiger partial charge in [0, 0.05) is 39.9 Å². The van der Waals surface area contributed by atoms with Gasteiger partial charge in [0.1, 0.15) is 0 Å². The first-order chi connectivity index (χ1) is 9.02. The third-order valence-electron chi connectivity index (χ3n) is 3.93. The van der Waals surface area contributed by atoms with Gasteiger partial charge in [-0.25, -0.2) is 0 Å². The van der Waals surface area contributed by atoms with E-state index < -0.39 is 0 Å². The maximum absolute atomic E-state index is 6.08. The Hall–Kier alpha value is 0.0600. The first kappa shape index (κ1) is 15.4. The molecular formula is C14H24BrN3S. The highest BCUT2D eigenvalue weighted by Gasteiger charge is 2.28. The minimum Gasteiger partial charge on any atom is -0.329 e. The molecule has 0 amide bonds. The Morgan fingerprint density at radius 2 is 2.26 bits per heavy atom. The molecule has 19 heavy (non-hydrogen) atoms. The highest BCUT2D eigenvalue weighted by Crippen LogP contribution is 2.34. The van der Waals surface area contributed by atoms with E-state index in [0.717, 1.165) is 13.1 Å². The van der Waals surface area contributed by atoms with Crippen LogP contribution >= 0.6 is 27.3 Å². The number of hydrogen-bond donors (Lipinski definition) is 1. The minimum atomic E-state index is 0.358. The molecule has 0 aromatic carbocycles. The van der Waals surface area contributed by atoms with Gasteiger partial charge in [-0.2, -0.15) is 0 Å². The minimum absolute atomic E-state index is 0.358. The van der Waals surface area contributed by atoms with E-state index in [0.29, 0.717) is 18.6 Å². The fourth-order valence-corrected chi connectivity index (χ4v) is 4.61. The van der Waals surface area contributed by atoms with Gasteiger partial charge in [-0.1, -0.05) is 0 Å². The van der Waals surface area contributed by atoms with Crippen molar-refractivity contribution in [2.24, 2.45) is 5.73 Å². The second-order valence-electron chi connectivity index (χ2n) is 5.51. The van der Waals surface area contributed by atoms with Crippen LogP contribution in [0.4, 0.5) is 0 Å². The lowest BCUT2D eigenvalue weighted by Gasteiger charge is -2.34. The molecule has 2 rings (SSSR count). The van der Waals surface area contributed by atoms with Gasteiger partial charge in [0.2, 0.25) is 0 Å². The summed E-state index contributed by atoms with van der Waals surface area (Å²) in [4.78, 5) is 7.74. The molecule has 1 saturated heterocycles. The Balaban J connectivity index is 2.20. The molecule has 0 aliphatic carbocycles. The number of likely N-dealkylation sites (N-methyl/N-ethyl adjacent to an activating group) is 1. The number of nitrogens with two attached hydrogens (primary N) is 1. The predicted molar refractivity (Wildman–Crippen MR) is 86.8 cm³/mol. The lowest BCUT2D eigenvalue weighted by atomic mass is 10.1. The summed E-state index contributed by atoms with van der Waals surface area (Å²) in [5.41, 5.74) is 6.08. The summed E-state index contributed by atoms with van der Waals surface area (Å²) >= 11 is 5.49. The summed E-state index contributed by atoms with van der Waals surface area (Å²) in [5.74, 6) is 0. The van der Waals surface area contributed by atoms with E-state index >= 15 is 0 Å². The van der Waals surface area contributed by atoms with Gasteiger partial charge in [0.05, 0.1) is 6.04 Å². The quantitative estimate of drug-likeness (QED) is 0.914. The predicted octanol–water partition coefficient (Wildman–Crippen LogP) is 2.84. The van der Waals surface area contributed by atoms with Gasteiger partial charge in [0.25, 0.3) is 0 Å². The van der Waals surface area contributed by atoms with Crippen LogP contribution in [0.2, 0.25) is 0 Å². The summed E-state index contributed by atoms with van der Waals surface area (Å²) in [6.45, 7) is 8.63. The molecule has 2 atom stereocenters. The Morgan fingerprint density at radius 3 is 2.84 bits per heavy atom. The molecule has 5 heteroatoms. The number of thiophene rings is 1. The van der Waals surface area contributed by atoms with E-state index in [1.807, 2.05) is 11.3 Å². The van der Waals surface area contributed by atoms with Crippen molar-refractivity contribution in [2.45, 2.75) is 32.4 Å². The van der Waals surface area contributed by atoms with Crippen LogP contribution in [0.5, 0.6) is 0 Å². The molecule has 1 fully saturated rings. The van der Waals surface area contributed by atoms with Crippen LogP contribution in [0, 0.1) is 6.92 Å². The van der Waals surface area contributed by atoms with Crippen molar-refractivity contribution in [2.75, 3.05) is 33.2 Å². The molecule has 108 valence electrons. The van der Waals surface area contributed by atoms with Crippen molar-refractivity contribution in [1.82, 2.24) is 9.80 Å². The van der Waals surface area contributed by atoms with E-state index in [2.05, 4.69) is 52.7 Å². The van der Waals surface area contributed by atoms with Crippen LogP contribution in [-0.4, -0.2) is 49.1 Å². The molecule has 3 nitrogen and oxygen atoms in total. The molecule has 1 aliphatic rings. The average Bonchev–Trinajstić information content (AvgIpc) is 2.57. The summed E-state index contributed by atoms with van der Waals surface area (Å²) in [6.07, 6.45) is 1.23. The van der Waals surface area contributed by atoms with Crippen LogP contribution in [0.3, 0.4) is 0 Å². The molecule has 2 unspecified atom stereocenters. The lowest BCUT2D eigenvalue weighted by molar-refractivity contribution is 0.148. The molecule has 0 radical (unpaired) electrons. The average molecular weight is 346 g/mol.